The number of carbonyl (C=O) groups is 1. The van der Waals surface area contributed by atoms with E-state index in [2.05, 4.69) is 4.98 Å². The Morgan fingerprint density at radius 1 is 1.38 bits per heavy atom. The van der Waals surface area contributed by atoms with E-state index in [-0.39, 0.29) is 11.8 Å². The molecule has 2 atom stereocenters. The highest BCUT2D eigenvalue weighted by molar-refractivity contribution is 5.96. The number of hydrogen-bond acceptors (Lipinski definition) is 3. The fraction of sp³-hybridized carbons (Fsp3) is 0.474. The first-order chi connectivity index (χ1) is 11.5. The van der Waals surface area contributed by atoms with Crippen LogP contribution in [-0.4, -0.2) is 38.6 Å². The van der Waals surface area contributed by atoms with Crippen molar-refractivity contribution < 1.29 is 9.90 Å². The van der Waals surface area contributed by atoms with E-state index in [4.69, 9.17) is 0 Å². The maximum Gasteiger partial charge on any atom is 0.254 e. The number of aliphatic hydroxyl groups excluding tert-OH is 1. The van der Waals surface area contributed by atoms with Gasteiger partial charge in [-0.3, -0.25) is 4.79 Å². The predicted octanol–water partition coefficient (Wildman–Crippen LogP) is 2.62. The summed E-state index contributed by atoms with van der Waals surface area (Å²) in [5.41, 5.74) is 2.93. The third-order valence-electron chi connectivity index (χ3n) is 5.15. The van der Waals surface area contributed by atoms with Gasteiger partial charge in [-0.1, -0.05) is 12.1 Å². The van der Waals surface area contributed by atoms with Crippen LogP contribution >= 0.6 is 0 Å². The average Bonchev–Trinajstić information content (AvgIpc) is 3.02. The van der Waals surface area contributed by atoms with Gasteiger partial charge in [0, 0.05) is 44.0 Å². The molecule has 2 unspecified atom stereocenters. The average molecular weight is 327 g/mol. The maximum absolute atomic E-state index is 12.9. The van der Waals surface area contributed by atoms with Crippen LogP contribution in [0.4, 0.5) is 0 Å². The quantitative estimate of drug-likeness (QED) is 0.943. The van der Waals surface area contributed by atoms with Crippen LogP contribution < -0.4 is 0 Å². The number of nitrogens with zero attached hydrogens (tertiary/aromatic N) is 3. The number of piperidine rings is 1. The molecule has 1 fully saturated rings. The van der Waals surface area contributed by atoms with Gasteiger partial charge in [0.15, 0.2) is 0 Å². The summed E-state index contributed by atoms with van der Waals surface area (Å²) in [6, 6.07) is 5.85. The molecule has 2 heterocycles. The van der Waals surface area contributed by atoms with Crippen LogP contribution in [0.15, 0.2) is 30.6 Å². The Hall–Kier alpha value is -2.14. The normalized spacial score (nSPS) is 19.3. The lowest BCUT2D eigenvalue weighted by atomic mass is 9.91. The molecule has 0 spiro atoms. The van der Waals surface area contributed by atoms with Crippen LogP contribution in [0, 0.1) is 19.8 Å². The number of likely N-dealkylation sites (tertiary alicyclic amines) is 1. The van der Waals surface area contributed by atoms with E-state index in [1.54, 1.807) is 6.20 Å². The molecule has 0 bridgehead atoms. The summed E-state index contributed by atoms with van der Waals surface area (Å²) in [4.78, 5) is 19.0. The van der Waals surface area contributed by atoms with Crippen molar-refractivity contribution in [3.8, 4) is 0 Å². The van der Waals surface area contributed by atoms with Gasteiger partial charge in [0.25, 0.3) is 5.91 Å². The Morgan fingerprint density at radius 2 is 2.17 bits per heavy atom. The van der Waals surface area contributed by atoms with Gasteiger partial charge in [-0.15, -0.1) is 0 Å². The number of carbonyl (C=O) groups excluding carboxylic acids is 1. The molecule has 1 N–H and O–H groups in total. The van der Waals surface area contributed by atoms with Gasteiger partial charge < -0.3 is 14.6 Å². The zero-order chi connectivity index (χ0) is 17.3. The topological polar surface area (TPSA) is 58.4 Å². The van der Waals surface area contributed by atoms with Crippen LogP contribution in [0.5, 0.6) is 0 Å². The van der Waals surface area contributed by atoms with Crippen molar-refractivity contribution in [3.05, 3.63) is 53.1 Å². The van der Waals surface area contributed by atoms with Gasteiger partial charge in [0.2, 0.25) is 0 Å². The molecule has 128 valence electrons. The van der Waals surface area contributed by atoms with Crippen molar-refractivity contribution in [2.75, 3.05) is 13.1 Å². The number of aromatic nitrogens is 2. The highest BCUT2D eigenvalue weighted by Gasteiger charge is 2.31. The molecular formula is C19H25N3O2. The van der Waals surface area contributed by atoms with Gasteiger partial charge in [-0.2, -0.15) is 0 Å². The van der Waals surface area contributed by atoms with Crippen molar-refractivity contribution in [1.29, 1.82) is 0 Å². The minimum Gasteiger partial charge on any atom is -0.385 e. The van der Waals surface area contributed by atoms with E-state index in [1.165, 1.54) is 0 Å². The van der Waals surface area contributed by atoms with E-state index in [1.807, 2.05) is 54.8 Å². The lowest BCUT2D eigenvalue weighted by Crippen LogP contribution is -2.42. The largest absolute Gasteiger partial charge is 0.385 e. The van der Waals surface area contributed by atoms with E-state index >= 15 is 0 Å². The van der Waals surface area contributed by atoms with Crippen molar-refractivity contribution in [1.82, 2.24) is 14.5 Å². The second kappa shape index (κ2) is 6.77. The number of aryl methyl sites for hydroxylation is 2. The first kappa shape index (κ1) is 16.7. The number of aliphatic hydroxyl groups is 1. The summed E-state index contributed by atoms with van der Waals surface area (Å²) in [5.74, 6) is 0.753. The highest BCUT2D eigenvalue weighted by atomic mass is 16.3. The van der Waals surface area contributed by atoms with Crippen molar-refractivity contribution in [2.45, 2.75) is 32.8 Å². The molecule has 2 aromatic rings. The molecule has 5 heteroatoms. The van der Waals surface area contributed by atoms with Crippen molar-refractivity contribution >= 4 is 5.91 Å². The molecule has 3 rings (SSSR count). The molecule has 5 nitrogen and oxygen atoms in total. The standard InChI is InChI=1S/C19H25N3O2/c1-13-6-4-8-16(14(13)2)19(24)22-10-5-7-15(12-22)17(23)18-20-9-11-21(18)3/h4,6,8-9,11,15,17,23H,5,7,10,12H2,1-3H3. The second-order valence-corrected chi connectivity index (χ2v) is 6.74. The molecule has 0 saturated carbocycles. The van der Waals surface area contributed by atoms with Gasteiger partial charge in [0.1, 0.15) is 11.9 Å². The number of hydrogen-bond donors (Lipinski definition) is 1. The van der Waals surface area contributed by atoms with E-state index in [9.17, 15) is 9.90 Å². The summed E-state index contributed by atoms with van der Waals surface area (Å²) in [6.07, 6.45) is 4.70. The molecule has 0 radical (unpaired) electrons. The highest BCUT2D eigenvalue weighted by Crippen LogP contribution is 2.29. The molecular weight excluding hydrogens is 302 g/mol. The fourth-order valence-corrected chi connectivity index (χ4v) is 3.48. The molecule has 1 aromatic heterocycles. The van der Waals surface area contributed by atoms with Crippen LogP contribution in [0.3, 0.4) is 0 Å². The molecule has 1 saturated heterocycles. The van der Waals surface area contributed by atoms with Gasteiger partial charge in [-0.05, 0) is 43.9 Å². The zero-order valence-corrected chi connectivity index (χ0v) is 14.6. The third-order valence-corrected chi connectivity index (χ3v) is 5.15. The van der Waals surface area contributed by atoms with E-state index in [0.29, 0.717) is 12.4 Å². The zero-order valence-electron chi connectivity index (χ0n) is 14.6. The van der Waals surface area contributed by atoms with Crippen LogP contribution in [0.2, 0.25) is 0 Å². The third kappa shape index (κ3) is 3.08. The smallest absolute Gasteiger partial charge is 0.254 e. The predicted molar refractivity (Wildman–Crippen MR) is 92.7 cm³/mol. The van der Waals surface area contributed by atoms with E-state index in [0.717, 1.165) is 36.1 Å². The lowest BCUT2D eigenvalue weighted by Gasteiger charge is -2.35. The van der Waals surface area contributed by atoms with Gasteiger partial charge in [0.05, 0.1) is 0 Å². The molecule has 1 aliphatic rings. The lowest BCUT2D eigenvalue weighted by molar-refractivity contribution is 0.0358. The molecule has 24 heavy (non-hydrogen) atoms. The minimum absolute atomic E-state index is 0.0221. The van der Waals surface area contributed by atoms with Crippen molar-refractivity contribution in [2.24, 2.45) is 13.0 Å². The first-order valence-corrected chi connectivity index (χ1v) is 8.50. The fourth-order valence-electron chi connectivity index (χ4n) is 3.48. The Labute approximate surface area is 142 Å². The maximum atomic E-state index is 12.9. The molecule has 1 amide bonds. The van der Waals surface area contributed by atoms with Crippen LogP contribution in [0.25, 0.3) is 0 Å². The first-order valence-electron chi connectivity index (χ1n) is 8.50. The van der Waals surface area contributed by atoms with Gasteiger partial charge in [-0.25, -0.2) is 4.98 Å². The minimum atomic E-state index is -0.640. The Bertz CT molecular complexity index is 738. The Morgan fingerprint density at radius 3 is 2.88 bits per heavy atom. The van der Waals surface area contributed by atoms with Crippen LogP contribution in [0.1, 0.15) is 46.3 Å². The number of amides is 1. The summed E-state index contributed by atoms with van der Waals surface area (Å²) < 4.78 is 1.84. The second-order valence-electron chi connectivity index (χ2n) is 6.74. The number of imidazole rings is 1. The number of rotatable bonds is 3. The molecule has 1 aliphatic heterocycles. The number of benzene rings is 1. The summed E-state index contributed by atoms with van der Waals surface area (Å²) in [7, 11) is 1.88. The SMILES string of the molecule is Cc1cccc(C(=O)N2CCCC(C(O)c3nccn3C)C2)c1C. The van der Waals surface area contributed by atoms with Crippen LogP contribution in [-0.2, 0) is 7.05 Å². The Balaban J connectivity index is 1.77. The summed E-state index contributed by atoms with van der Waals surface area (Å²) in [6.45, 7) is 5.33. The molecule has 0 aliphatic carbocycles. The Kier molecular flexibility index (Phi) is 4.71. The monoisotopic (exact) mass is 327 g/mol. The van der Waals surface area contributed by atoms with Gasteiger partial charge >= 0.3 is 0 Å². The summed E-state index contributed by atoms with van der Waals surface area (Å²) >= 11 is 0. The molecule has 1 aromatic carbocycles. The summed E-state index contributed by atoms with van der Waals surface area (Å²) in [5, 5.41) is 10.7. The van der Waals surface area contributed by atoms with Crippen molar-refractivity contribution in [3.63, 3.8) is 0 Å². The van der Waals surface area contributed by atoms with E-state index < -0.39 is 6.10 Å².